The van der Waals surface area contributed by atoms with Crippen LogP contribution in [-0.4, -0.2) is 32.9 Å². The Hall–Kier alpha value is -3.54. The summed E-state index contributed by atoms with van der Waals surface area (Å²) >= 11 is 6.41. The Morgan fingerprint density at radius 3 is 2.43 bits per heavy atom. The molecule has 0 spiro atoms. The predicted molar refractivity (Wildman–Crippen MR) is 124 cm³/mol. The number of nitrogens with two attached hydrogens (primary N) is 2. The third kappa shape index (κ3) is 5.11. The molecule has 0 saturated heterocycles. The molecule has 0 aliphatic carbocycles. The Bertz CT molecular complexity index is 1280. The van der Waals surface area contributed by atoms with Gasteiger partial charge >= 0.3 is 6.18 Å². The number of nitrogen functional groups attached to an aromatic ring is 1. The standard InChI is InChI=1S/C22H24ClF3N6O3/c1-10(2)32-19(27)17(20(28)34)18(30-32)12-6-5-11(7-13(12)23)8-16(33)29-15-9-14(35-31-15)21(3,4)22(24,25)26/h5-7,9-10H,8,27H2,1-4H3,(H2,28,34)(H,29,31,33). The molecule has 2 aromatic heterocycles. The number of primary amides is 1. The van der Waals surface area contributed by atoms with Crippen molar-refractivity contribution in [2.75, 3.05) is 11.1 Å². The number of alkyl halides is 3. The molecule has 0 unspecified atom stereocenters. The summed E-state index contributed by atoms with van der Waals surface area (Å²) in [5.41, 5.74) is 10.4. The molecule has 0 bridgehead atoms. The molecular formula is C22H24ClF3N6O3. The van der Waals surface area contributed by atoms with E-state index in [1.807, 2.05) is 13.8 Å². The first-order valence-corrected chi connectivity index (χ1v) is 10.8. The summed E-state index contributed by atoms with van der Waals surface area (Å²) in [4.78, 5) is 24.4. The number of halogens is 4. The second kappa shape index (κ2) is 9.25. The SMILES string of the molecule is CC(C)n1nc(-c2ccc(CC(=O)Nc3cc(C(C)(C)C(F)(F)F)on3)cc2Cl)c(C(N)=O)c1N. The van der Waals surface area contributed by atoms with Crippen LogP contribution in [0.2, 0.25) is 5.02 Å². The molecule has 13 heteroatoms. The summed E-state index contributed by atoms with van der Waals surface area (Å²) in [6, 6.07) is 5.57. The number of hydrogen-bond acceptors (Lipinski definition) is 6. The van der Waals surface area contributed by atoms with Crippen molar-refractivity contribution in [1.29, 1.82) is 0 Å². The zero-order valence-corrected chi connectivity index (χ0v) is 20.1. The lowest BCUT2D eigenvalue weighted by atomic mass is 9.89. The molecule has 2 heterocycles. The Morgan fingerprint density at radius 1 is 1.23 bits per heavy atom. The first kappa shape index (κ1) is 26.1. The Labute approximate surface area is 203 Å². The van der Waals surface area contributed by atoms with Gasteiger partial charge in [-0.25, -0.2) is 4.68 Å². The molecule has 9 nitrogen and oxygen atoms in total. The van der Waals surface area contributed by atoms with E-state index in [1.165, 1.54) is 10.7 Å². The van der Waals surface area contributed by atoms with E-state index in [1.54, 1.807) is 12.1 Å². The lowest BCUT2D eigenvalue weighted by Crippen LogP contribution is -2.35. The number of nitrogens with one attached hydrogen (secondary N) is 1. The van der Waals surface area contributed by atoms with Crippen LogP contribution in [0.15, 0.2) is 28.8 Å². The molecule has 0 aliphatic rings. The summed E-state index contributed by atoms with van der Waals surface area (Å²) < 4.78 is 45.8. The zero-order chi connectivity index (χ0) is 26.3. The van der Waals surface area contributed by atoms with Crippen LogP contribution in [-0.2, 0) is 16.6 Å². The Balaban J connectivity index is 1.79. The number of aromatic nitrogens is 3. The molecule has 1 aromatic carbocycles. The van der Waals surface area contributed by atoms with Gasteiger partial charge in [-0.1, -0.05) is 28.9 Å². The third-order valence-electron chi connectivity index (χ3n) is 5.44. The number of benzene rings is 1. The lowest BCUT2D eigenvalue weighted by molar-refractivity contribution is -0.185. The van der Waals surface area contributed by atoms with Crippen molar-refractivity contribution < 1.29 is 27.3 Å². The van der Waals surface area contributed by atoms with Gasteiger partial charge in [0.1, 0.15) is 22.5 Å². The first-order valence-electron chi connectivity index (χ1n) is 10.4. The van der Waals surface area contributed by atoms with Gasteiger partial charge in [-0.3, -0.25) is 9.59 Å². The third-order valence-corrected chi connectivity index (χ3v) is 5.75. The van der Waals surface area contributed by atoms with E-state index < -0.39 is 29.2 Å². The van der Waals surface area contributed by atoms with Crippen LogP contribution in [0.4, 0.5) is 24.8 Å². The highest BCUT2D eigenvalue weighted by atomic mass is 35.5. The van der Waals surface area contributed by atoms with Crippen molar-refractivity contribution in [2.24, 2.45) is 5.73 Å². The van der Waals surface area contributed by atoms with E-state index in [9.17, 15) is 22.8 Å². The maximum Gasteiger partial charge on any atom is 0.401 e. The molecule has 0 radical (unpaired) electrons. The largest absolute Gasteiger partial charge is 0.401 e. The Morgan fingerprint density at radius 2 is 1.89 bits per heavy atom. The summed E-state index contributed by atoms with van der Waals surface area (Å²) in [5, 5.41) is 10.5. The molecule has 35 heavy (non-hydrogen) atoms. The summed E-state index contributed by atoms with van der Waals surface area (Å²) in [5.74, 6) is -1.78. The molecule has 5 N–H and O–H groups in total. The van der Waals surface area contributed by atoms with Crippen LogP contribution in [0.3, 0.4) is 0 Å². The number of nitrogens with zero attached hydrogens (tertiary/aromatic N) is 3. The van der Waals surface area contributed by atoms with E-state index in [0.29, 0.717) is 11.1 Å². The molecule has 2 amide bonds. The molecule has 0 atom stereocenters. The maximum atomic E-state index is 13.2. The van der Waals surface area contributed by atoms with E-state index in [-0.39, 0.29) is 40.4 Å². The van der Waals surface area contributed by atoms with Crippen LogP contribution in [0.5, 0.6) is 0 Å². The van der Waals surface area contributed by atoms with Crippen molar-refractivity contribution >= 4 is 35.1 Å². The van der Waals surface area contributed by atoms with Crippen LogP contribution in [0.1, 0.15) is 55.4 Å². The average Bonchev–Trinajstić information content (AvgIpc) is 3.32. The minimum Gasteiger partial charge on any atom is -0.383 e. The zero-order valence-electron chi connectivity index (χ0n) is 19.3. The van der Waals surface area contributed by atoms with Gasteiger partial charge in [0.25, 0.3) is 5.91 Å². The Kier molecular flexibility index (Phi) is 6.89. The van der Waals surface area contributed by atoms with Crippen LogP contribution in [0, 0.1) is 0 Å². The van der Waals surface area contributed by atoms with Crippen LogP contribution in [0.25, 0.3) is 11.3 Å². The molecule has 3 rings (SSSR count). The minimum absolute atomic E-state index is 0.0368. The van der Waals surface area contributed by atoms with Gasteiger partial charge in [0, 0.05) is 17.7 Å². The fourth-order valence-corrected chi connectivity index (χ4v) is 3.57. The molecule has 0 saturated carbocycles. The summed E-state index contributed by atoms with van der Waals surface area (Å²) in [6.07, 6.45) is -4.72. The number of amides is 2. The smallest absolute Gasteiger partial charge is 0.383 e. The van der Waals surface area contributed by atoms with Crippen molar-refractivity contribution in [1.82, 2.24) is 14.9 Å². The molecular weight excluding hydrogens is 489 g/mol. The van der Waals surface area contributed by atoms with Gasteiger partial charge in [-0.15, -0.1) is 0 Å². The molecule has 188 valence electrons. The van der Waals surface area contributed by atoms with Gasteiger partial charge in [0.2, 0.25) is 5.91 Å². The van der Waals surface area contributed by atoms with E-state index >= 15 is 0 Å². The second-order valence-electron chi connectivity index (χ2n) is 8.75. The molecule has 3 aromatic rings. The number of anilines is 2. The number of rotatable bonds is 7. The van der Waals surface area contributed by atoms with E-state index in [0.717, 1.165) is 19.9 Å². The normalized spacial score (nSPS) is 12.3. The highest BCUT2D eigenvalue weighted by Crippen LogP contribution is 2.41. The van der Waals surface area contributed by atoms with Gasteiger partial charge in [-0.2, -0.15) is 18.3 Å². The quantitative estimate of drug-likeness (QED) is 0.426. The van der Waals surface area contributed by atoms with Gasteiger partial charge in [-0.05, 0) is 39.3 Å². The number of hydrogen-bond donors (Lipinski definition) is 3. The minimum atomic E-state index is -4.56. The van der Waals surface area contributed by atoms with Crippen molar-refractivity contribution in [3.8, 4) is 11.3 Å². The van der Waals surface area contributed by atoms with Crippen molar-refractivity contribution in [3.05, 3.63) is 46.2 Å². The van der Waals surface area contributed by atoms with Crippen molar-refractivity contribution in [3.63, 3.8) is 0 Å². The summed E-state index contributed by atoms with van der Waals surface area (Å²) in [7, 11) is 0. The maximum absolute atomic E-state index is 13.2. The van der Waals surface area contributed by atoms with E-state index in [4.69, 9.17) is 27.6 Å². The fourth-order valence-electron chi connectivity index (χ4n) is 3.27. The predicted octanol–water partition coefficient (Wildman–Crippen LogP) is 4.47. The van der Waals surface area contributed by atoms with Crippen LogP contribution >= 0.6 is 11.6 Å². The second-order valence-corrected chi connectivity index (χ2v) is 9.16. The molecule has 0 aliphatic heterocycles. The lowest BCUT2D eigenvalue weighted by Gasteiger charge is -2.24. The number of carbonyl (C=O) groups is 2. The fraction of sp³-hybridized carbons (Fsp3) is 0.364. The first-order chi connectivity index (χ1) is 16.1. The summed E-state index contributed by atoms with van der Waals surface area (Å²) in [6.45, 7) is 5.57. The van der Waals surface area contributed by atoms with E-state index in [2.05, 4.69) is 15.6 Å². The average molecular weight is 513 g/mol. The van der Waals surface area contributed by atoms with Gasteiger partial charge in [0.15, 0.2) is 11.6 Å². The number of carbonyl (C=O) groups excluding carboxylic acids is 2. The highest BCUT2D eigenvalue weighted by molar-refractivity contribution is 6.33. The molecule has 0 fully saturated rings. The highest BCUT2D eigenvalue weighted by Gasteiger charge is 2.51. The topological polar surface area (TPSA) is 142 Å². The van der Waals surface area contributed by atoms with Crippen LogP contribution < -0.4 is 16.8 Å². The van der Waals surface area contributed by atoms with Gasteiger partial charge < -0.3 is 21.3 Å². The monoisotopic (exact) mass is 512 g/mol. The van der Waals surface area contributed by atoms with Gasteiger partial charge in [0.05, 0.1) is 11.4 Å². The van der Waals surface area contributed by atoms with Crippen molar-refractivity contribution in [2.45, 2.75) is 51.7 Å².